The summed E-state index contributed by atoms with van der Waals surface area (Å²) in [5.74, 6) is 1.41. The number of thioether (sulfide) groups is 1. The molecule has 1 aliphatic carbocycles. The Balaban J connectivity index is 1.95. The normalized spacial score (nSPS) is 15.1. The first-order valence-corrected chi connectivity index (χ1v) is 7.91. The van der Waals surface area contributed by atoms with Gasteiger partial charge >= 0.3 is 6.09 Å². The lowest BCUT2D eigenvalue weighted by Gasteiger charge is -2.16. The van der Waals surface area contributed by atoms with Crippen LogP contribution in [0.5, 0.6) is 0 Å². The third-order valence-electron chi connectivity index (χ3n) is 2.86. The highest BCUT2D eigenvalue weighted by molar-refractivity contribution is 8.13. The monoisotopic (exact) mass is 287 g/mol. The van der Waals surface area contributed by atoms with Crippen LogP contribution in [0.1, 0.15) is 46.5 Å². The van der Waals surface area contributed by atoms with E-state index in [1.165, 1.54) is 11.8 Å². The third-order valence-corrected chi connectivity index (χ3v) is 3.79. The molecule has 0 aromatic carbocycles. The number of ether oxygens (including phenoxy) is 1. The van der Waals surface area contributed by atoms with Crippen LogP contribution in [0.4, 0.5) is 4.79 Å². The molecule has 19 heavy (non-hydrogen) atoms. The molecule has 1 amide bonds. The number of rotatable bonds is 7. The minimum atomic E-state index is -0.403. The Morgan fingerprint density at radius 3 is 2.58 bits per heavy atom. The largest absolute Gasteiger partial charge is 0.449 e. The second-order valence-corrected chi connectivity index (χ2v) is 7.40. The molecule has 1 aliphatic rings. The van der Waals surface area contributed by atoms with Crippen molar-refractivity contribution in [2.24, 2.45) is 11.3 Å². The molecular weight excluding hydrogens is 262 g/mol. The van der Waals surface area contributed by atoms with E-state index in [0.29, 0.717) is 25.5 Å². The zero-order valence-corrected chi connectivity index (χ0v) is 13.0. The first-order chi connectivity index (χ1) is 8.87. The summed E-state index contributed by atoms with van der Waals surface area (Å²) in [6, 6.07) is 0. The quantitative estimate of drug-likeness (QED) is 0.781. The molecule has 0 unspecified atom stereocenters. The van der Waals surface area contributed by atoms with Gasteiger partial charge in [-0.2, -0.15) is 0 Å². The maximum absolute atomic E-state index is 11.6. The molecule has 1 rings (SSSR count). The number of hydrogen-bond acceptors (Lipinski definition) is 4. The van der Waals surface area contributed by atoms with Crippen molar-refractivity contribution >= 4 is 23.0 Å². The average Bonchev–Trinajstić information content (AvgIpc) is 3.08. The zero-order valence-electron chi connectivity index (χ0n) is 12.2. The standard InChI is InChI=1S/C14H25NO3S/c1-14(2,3)7-9-19-12(16)6-8-15-13(17)18-10-11-4-5-11/h11H,4-10H2,1-3H3,(H,15,17). The first-order valence-electron chi connectivity index (χ1n) is 6.93. The van der Waals surface area contributed by atoms with Gasteiger partial charge in [-0.25, -0.2) is 4.79 Å². The Labute approximate surface area is 120 Å². The third kappa shape index (κ3) is 9.82. The van der Waals surface area contributed by atoms with Crippen LogP contribution in [0.25, 0.3) is 0 Å². The van der Waals surface area contributed by atoms with Gasteiger partial charge in [0.1, 0.15) is 0 Å². The van der Waals surface area contributed by atoms with Crippen molar-refractivity contribution < 1.29 is 14.3 Å². The summed E-state index contributed by atoms with van der Waals surface area (Å²) < 4.78 is 5.01. The van der Waals surface area contributed by atoms with Crippen LogP contribution in [0.3, 0.4) is 0 Å². The summed E-state index contributed by atoms with van der Waals surface area (Å²) in [7, 11) is 0. The van der Waals surface area contributed by atoms with Crippen LogP contribution in [0.15, 0.2) is 0 Å². The maximum atomic E-state index is 11.6. The molecule has 5 heteroatoms. The predicted molar refractivity (Wildman–Crippen MR) is 78.2 cm³/mol. The lowest BCUT2D eigenvalue weighted by atomic mass is 9.94. The van der Waals surface area contributed by atoms with Crippen molar-refractivity contribution in [1.82, 2.24) is 5.32 Å². The predicted octanol–water partition coefficient (Wildman–Crippen LogP) is 3.21. The summed E-state index contributed by atoms with van der Waals surface area (Å²) in [4.78, 5) is 22.8. The Morgan fingerprint density at radius 1 is 1.32 bits per heavy atom. The topological polar surface area (TPSA) is 55.4 Å². The van der Waals surface area contributed by atoms with Gasteiger partial charge < -0.3 is 10.1 Å². The molecule has 0 heterocycles. The molecule has 0 aromatic rings. The van der Waals surface area contributed by atoms with E-state index in [0.717, 1.165) is 25.0 Å². The molecular formula is C14H25NO3S. The fourth-order valence-electron chi connectivity index (χ4n) is 1.34. The van der Waals surface area contributed by atoms with Gasteiger partial charge in [-0.1, -0.05) is 32.5 Å². The van der Waals surface area contributed by atoms with E-state index in [4.69, 9.17) is 4.74 Å². The minimum absolute atomic E-state index is 0.131. The van der Waals surface area contributed by atoms with E-state index in [9.17, 15) is 9.59 Å². The molecule has 0 bridgehead atoms. The molecule has 0 atom stereocenters. The van der Waals surface area contributed by atoms with E-state index in [-0.39, 0.29) is 10.5 Å². The van der Waals surface area contributed by atoms with Gasteiger partial charge in [0.05, 0.1) is 6.61 Å². The number of carbonyl (C=O) groups is 2. The van der Waals surface area contributed by atoms with E-state index in [1.54, 1.807) is 0 Å². The van der Waals surface area contributed by atoms with Gasteiger partial charge in [0.15, 0.2) is 5.12 Å². The van der Waals surface area contributed by atoms with Crippen LogP contribution in [-0.4, -0.2) is 30.1 Å². The highest BCUT2D eigenvalue weighted by atomic mass is 32.2. The number of carbonyl (C=O) groups excluding carboxylic acids is 2. The molecule has 1 N–H and O–H groups in total. The Bertz CT molecular complexity index is 308. The van der Waals surface area contributed by atoms with Crippen molar-refractivity contribution in [2.45, 2.75) is 46.5 Å². The van der Waals surface area contributed by atoms with E-state index in [2.05, 4.69) is 26.1 Å². The minimum Gasteiger partial charge on any atom is -0.449 e. The summed E-state index contributed by atoms with van der Waals surface area (Å²) in [5, 5.41) is 2.74. The van der Waals surface area contributed by atoms with Crippen molar-refractivity contribution in [2.75, 3.05) is 18.9 Å². The lowest BCUT2D eigenvalue weighted by molar-refractivity contribution is -0.110. The van der Waals surface area contributed by atoms with Crippen molar-refractivity contribution in [1.29, 1.82) is 0 Å². The molecule has 110 valence electrons. The fraction of sp³-hybridized carbons (Fsp3) is 0.857. The van der Waals surface area contributed by atoms with Gasteiger partial charge in [0, 0.05) is 18.7 Å². The summed E-state index contributed by atoms with van der Waals surface area (Å²) >= 11 is 1.35. The average molecular weight is 287 g/mol. The Morgan fingerprint density at radius 2 is 2.00 bits per heavy atom. The van der Waals surface area contributed by atoms with Gasteiger partial charge in [-0.3, -0.25) is 4.79 Å². The van der Waals surface area contributed by atoms with Gasteiger partial charge in [-0.05, 0) is 30.6 Å². The molecule has 1 saturated carbocycles. The molecule has 0 aromatic heterocycles. The van der Waals surface area contributed by atoms with Crippen molar-refractivity contribution in [3.05, 3.63) is 0 Å². The van der Waals surface area contributed by atoms with Crippen molar-refractivity contribution in [3.8, 4) is 0 Å². The second kappa shape index (κ2) is 7.78. The van der Waals surface area contributed by atoms with Gasteiger partial charge in [0.25, 0.3) is 0 Å². The van der Waals surface area contributed by atoms with Crippen molar-refractivity contribution in [3.63, 3.8) is 0 Å². The summed E-state index contributed by atoms with van der Waals surface area (Å²) in [5.41, 5.74) is 0.262. The van der Waals surface area contributed by atoms with Gasteiger partial charge in [-0.15, -0.1) is 0 Å². The molecule has 0 saturated heterocycles. The van der Waals surface area contributed by atoms with Crippen LogP contribution in [0, 0.1) is 11.3 Å². The number of alkyl carbamates (subject to hydrolysis) is 1. The lowest BCUT2D eigenvalue weighted by Crippen LogP contribution is -2.27. The first kappa shape index (κ1) is 16.3. The van der Waals surface area contributed by atoms with Crippen LogP contribution in [-0.2, 0) is 9.53 Å². The van der Waals surface area contributed by atoms with Gasteiger partial charge in [0.2, 0.25) is 0 Å². The Kier molecular flexibility index (Phi) is 6.69. The number of hydrogen-bond donors (Lipinski definition) is 1. The van der Waals surface area contributed by atoms with Crippen LogP contribution in [0.2, 0.25) is 0 Å². The van der Waals surface area contributed by atoms with E-state index < -0.39 is 6.09 Å². The molecule has 0 radical (unpaired) electrons. The summed E-state index contributed by atoms with van der Waals surface area (Å²) in [6.07, 6.45) is 3.30. The molecule has 4 nitrogen and oxygen atoms in total. The highest BCUT2D eigenvalue weighted by Crippen LogP contribution is 2.28. The van der Waals surface area contributed by atoms with E-state index >= 15 is 0 Å². The zero-order chi connectivity index (χ0) is 14.3. The highest BCUT2D eigenvalue weighted by Gasteiger charge is 2.22. The second-order valence-electron chi connectivity index (χ2n) is 6.25. The molecule has 0 aliphatic heterocycles. The molecule has 1 fully saturated rings. The van der Waals surface area contributed by atoms with Crippen LogP contribution < -0.4 is 5.32 Å². The number of nitrogens with one attached hydrogen (secondary N) is 1. The fourth-order valence-corrected chi connectivity index (χ4v) is 2.53. The smallest absolute Gasteiger partial charge is 0.407 e. The maximum Gasteiger partial charge on any atom is 0.407 e. The Hall–Kier alpha value is -0.710. The van der Waals surface area contributed by atoms with E-state index in [1.807, 2.05) is 0 Å². The summed E-state index contributed by atoms with van der Waals surface area (Å²) in [6.45, 7) is 7.37. The molecule has 0 spiro atoms. The SMILES string of the molecule is CC(C)(C)CCSC(=O)CCNC(=O)OCC1CC1. The van der Waals surface area contributed by atoms with Crippen LogP contribution >= 0.6 is 11.8 Å². The number of amides is 1.